The number of nitrogens with one attached hydrogen (secondary N) is 3. The van der Waals surface area contributed by atoms with Crippen molar-refractivity contribution < 1.29 is 9.59 Å². The van der Waals surface area contributed by atoms with Gasteiger partial charge in [0.25, 0.3) is 0 Å². The van der Waals surface area contributed by atoms with E-state index in [4.69, 9.17) is 0 Å². The Morgan fingerprint density at radius 2 is 1.89 bits per heavy atom. The van der Waals surface area contributed by atoms with Crippen molar-refractivity contribution in [2.24, 2.45) is 11.8 Å². The monoisotopic (exact) mass is 291 g/mol. The van der Waals surface area contributed by atoms with Crippen LogP contribution in [0.4, 0.5) is 0 Å². The molecule has 0 saturated carbocycles. The lowest BCUT2D eigenvalue weighted by molar-refractivity contribution is -0.127. The van der Waals surface area contributed by atoms with Gasteiger partial charge >= 0.3 is 0 Å². The predicted octanol–water partition coefficient (Wildman–Crippen LogP) is 0.685. The fourth-order valence-electron chi connectivity index (χ4n) is 1.82. The molecule has 1 aliphatic heterocycles. The van der Waals surface area contributed by atoms with Gasteiger partial charge in [0.1, 0.15) is 0 Å². The maximum absolute atomic E-state index is 11.8. The zero-order chi connectivity index (χ0) is 13.8. The molecule has 0 aliphatic carbocycles. The van der Waals surface area contributed by atoms with E-state index in [1.807, 2.05) is 27.7 Å². The molecule has 5 nitrogen and oxygen atoms in total. The van der Waals surface area contributed by atoms with Crippen LogP contribution in [0.2, 0.25) is 0 Å². The van der Waals surface area contributed by atoms with E-state index in [-0.39, 0.29) is 35.7 Å². The molecular weight excluding hydrogens is 266 g/mol. The third kappa shape index (κ3) is 6.78. The van der Waals surface area contributed by atoms with Crippen LogP contribution in [-0.2, 0) is 9.59 Å². The first-order valence-electron chi connectivity index (χ1n) is 6.59. The Bertz CT molecular complexity index is 312. The molecule has 2 amide bonds. The van der Waals surface area contributed by atoms with Gasteiger partial charge in [-0.1, -0.05) is 6.92 Å². The van der Waals surface area contributed by atoms with Crippen LogP contribution in [0.25, 0.3) is 0 Å². The molecule has 0 aromatic carbocycles. The Morgan fingerprint density at radius 1 is 1.32 bits per heavy atom. The maximum atomic E-state index is 11.8. The highest BCUT2D eigenvalue weighted by Gasteiger charge is 2.28. The molecule has 0 aromatic heterocycles. The maximum Gasteiger partial charge on any atom is 0.223 e. The van der Waals surface area contributed by atoms with Crippen molar-refractivity contribution >= 4 is 24.2 Å². The summed E-state index contributed by atoms with van der Waals surface area (Å²) in [5.41, 5.74) is -0.216. The number of carbonyl (C=O) groups excluding carboxylic acids is 2. The van der Waals surface area contributed by atoms with Crippen molar-refractivity contribution in [3.05, 3.63) is 0 Å². The molecule has 0 aromatic rings. The van der Waals surface area contributed by atoms with Crippen LogP contribution >= 0.6 is 12.4 Å². The molecule has 3 N–H and O–H groups in total. The first-order chi connectivity index (χ1) is 8.29. The summed E-state index contributed by atoms with van der Waals surface area (Å²) in [5.74, 6) is 0.483. The van der Waals surface area contributed by atoms with E-state index in [2.05, 4.69) is 16.0 Å². The quantitative estimate of drug-likeness (QED) is 0.698. The minimum atomic E-state index is -0.216. The molecule has 1 heterocycles. The van der Waals surface area contributed by atoms with Gasteiger partial charge in [-0.3, -0.25) is 9.59 Å². The van der Waals surface area contributed by atoms with Crippen LogP contribution in [-0.4, -0.2) is 37.0 Å². The van der Waals surface area contributed by atoms with Crippen molar-refractivity contribution in [1.29, 1.82) is 0 Å². The highest BCUT2D eigenvalue weighted by Crippen LogP contribution is 2.15. The van der Waals surface area contributed by atoms with E-state index in [0.717, 1.165) is 13.1 Å². The largest absolute Gasteiger partial charge is 0.355 e. The van der Waals surface area contributed by atoms with Crippen LogP contribution in [0, 0.1) is 11.8 Å². The normalized spacial score (nSPS) is 16.8. The second kappa shape index (κ2) is 7.70. The summed E-state index contributed by atoms with van der Waals surface area (Å²) in [7, 11) is 0. The molecule has 0 bridgehead atoms. The summed E-state index contributed by atoms with van der Waals surface area (Å²) in [6.45, 7) is 10.00. The third-order valence-corrected chi connectivity index (χ3v) is 3.10. The van der Waals surface area contributed by atoms with E-state index < -0.39 is 0 Å². The molecule has 1 aliphatic rings. The first kappa shape index (κ1) is 18.2. The van der Waals surface area contributed by atoms with E-state index in [1.165, 1.54) is 0 Å². The van der Waals surface area contributed by atoms with E-state index >= 15 is 0 Å². The lowest BCUT2D eigenvalue weighted by Crippen LogP contribution is -2.50. The van der Waals surface area contributed by atoms with Crippen LogP contribution < -0.4 is 16.0 Å². The minimum absolute atomic E-state index is 0. The lowest BCUT2D eigenvalue weighted by atomic mass is 9.88. The topological polar surface area (TPSA) is 70.2 Å². The van der Waals surface area contributed by atoms with Crippen LogP contribution in [0.15, 0.2) is 0 Å². The summed E-state index contributed by atoms with van der Waals surface area (Å²) in [4.78, 5) is 23.3. The Morgan fingerprint density at radius 3 is 2.32 bits per heavy atom. The molecule has 1 unspecified atom stereocenters. The van der Waals surface area contributed by atoms with Crippen LogP contribution in [0.1, 0.15) is 34.1 Å². The summed E-state index contributed by atoms with van der Waals surface area (Å²) >= 11 is 0. The predicted molar refractivity (Wildman–Crippen MR) is 78.3 cm³/mol. The Kier molecular flexibility index (Phi) is 7.37. The smallest absolute Gasteiger partial charge is 0.223 e. The summed E-state index contributed by atoms with van der Waals surface area (Å²) in [6.07, 6.45) is 0.332. The summed E-state index contributed by atoms with van der Waals surface area (Å²) in [6, 6.07) is 0. The van der Waals surface area contributed by atoms with Crippen molar-refractivity contribution in [3.63, 3.8) is 0 Å². The van der Waals surface area contributed by atoms with E-state index in [9.17, 15) is 9.59 Å². The number of halogens is 1. The van der Waals surface area contributed by atoms with Crippen molar-refractivity contribution in [2.45, 2.75) is 39.7 Å². The Labute approximate surface area is 121 Å². The van der Waals surface area contributed by atoms with E-state index in [1.54, 1.807) is 0 Å². The molecule has 1 rings (SSSR count). The van der Waals surface area contributed by atoms with Gasteiger partial charge in [-0.2, -0.15) is 0 Å². The second-order valence-electron chi connectivity index (χ2n) is 6.05. The van der Waals surface area contributed by atoms with E-state index in [0.29, 0.717) is 18.9 Å². The fraction of sp³-hybridized carbons (Fsp3) is 0.846. The number of hydrogen-bond acceptors (Lipinski definition) is 3. The fourth-order valence-corrected chi connectivity index (χ4v) is 1.82. The van der Waals surface area contributed by atoms with Crippen LogP contribution in [0.5, 0.6) is 0 Å². The molecule has 1 fully saturated rings. The number of amides is 2. The molecule has 19 heavy (non-hydrogen) atoms. The average molecular weight is 292 g/mol. The molecule has 0 spiro atoms. The summed E-state index contributed by atoms with van der Waals surface area (Å²) < 4.78 is 0. The van der Waals surface area contributed by atoms with Crippen LogP contribution in [0.3, 0.4) is 0 Å². The van der Waals surface area contributed by atoms with Crippen molar-refractivity contribution in [1.82, 2.24) is 16.0 Å². The molecule has 1 atom stereocenters. The van der Waals surface area contributed by atoms with Gasteiger partial charge in [-0.05, 0) is 39.8 Å². The van der Waals surface area contributed by atoms with Crippen molar-refractivity contribution in [2.75, 3.05) is 19.6 Å². The zero-order valence-corrected chi connectivity index (χ0v) is 13.0. The minimum Gasteiger partial charge on any atom is -0.355 e. The first-order valence-corrected chi connectivity index (χ1v) is 6.59. The standard InChI is InChI=1S/C13H25N3O2.ClH/c1-9(10-7-14-8-10)12(18)15-6-5-11(17)16-13(2,3)4;/h9-10,14H,5-8H2,1-4H3,(H,15,18)(H,16,17);1H. The van der Waals surface area contributed by atoms with Gasteiger partial charge in [-0.25, -0.2) is 0 Å². The van der Waals surface area contributed by atoms with Crippen molar-refractivity contribution in [3.8, 4) is 0 Å². The molecule has 0 radical (unpaired) electrons. The number of carbonyl (C=O) groups is 2. The van der Waals surface area contributed by atoms with Gasteiger partial charge in [0, 0.05) is 24.4 Å². The molecule has 6 heteroatoms. The Balaban J connectivity index is 0.00000324. The number of hydrogen-bond donors (Lipinski definition) is 3. The van der Waals surface area contributed by atoms with Gasteiger partial charge in [0.05, 0.1) is 0 Å². The highest BCUT2D eigenvalue weighted by molar-refractivity contribution is 5.85. The molecule has 112 valence electrons. The Hall–Kier alpha value is -0.810. The SMILES string of the molecule is CC(C(=O)NCCC(=O)NC(C)(C)C)C1CNC1.Cl. The highest BCUT2D eigenvalue weighted by atomic mass is 35.5. The van der Waals surface area contributed by atoms with Gasteiger partial charge in [0.15, 0.2) is 0 Å². The lowest BCUT2D eigenvalue weighted by Gasteiger charge is -2.31. The zero-order valence-electron chi connectivity index (χ0n) is 12.2. The van der Waals surface area contributed by atoms with Gasteiger partial charge in [0.2, 0.25) is 11.8 Å². The molecular formula is C13H26ClN3O2. The molecule has 1 saturated heterocycles. The van der Waals surface area contributed by atoms with Gasteiger partial charge < -0.3 is 16.0 Å². The number of rotatable bonds is 5. The summed E-state index contributed by atoms with van der Waals surface area (Å²) in [5, 5.41) is 8.84. The van der Waals surface area contributed by atoms with Gasteiger partial charge in [-0.15, -0.1) is 12.4 Å². The average Bonchev–Trinajstić information content (AvgIpc) is 2.11. The second-order valence-corrected chi connectivity index (χ2v) is 6.05. The third-order valence-electron chi connectivity index (χ3n) is 3.10.